The summed E-state index contributed by atoms with van der Waals surface area (Å²) in [4.78, 5) is 30.4. The predicted octanol–water partition coefficient (Wildman–Crippen LogP) is 1.14. The van der Waals surface area contributed by atoms with Crippen LogP contribution in [0.3, 0.4) is 0 Å². The quantitative estimate of drug-likeness (QED) is 0.428. The number of aliphatic imine (C=N–C) groups is 1. The number of likely N-dealkylation sites (tertiary alicyclic amines) is 1. The van der Waals surface area contributed by atoms with Crippen molar-refractivity contribution in [1.82, 2.24) is 15.5 Å². The summed E-state index contributed by atoms with van der Waals surface area (Å²) in [6, 6.07) is 3.58. The Labute approximate surface area is 154 Å². The van der Waals surface area contributed by atoms with Crippen molar-refractivity contribution in [3.63, 3.8) is 0 Å². The lowest BCUT2D eigenvalue weighted by Gasteiger charge is -2.33. The van der Waals surface area contributed by atoms with E-state index in [4.69, 9.17) is 9.15 Å². The standard InChI is InChI=1S/C18H28N4O4/c1-3-19-18(21-12-16(23)20-11-15-8-6-10-26-15)22-9-5-7-14(13-22)17(24)25-4-2/h6,8,10,14H,3-5,7,9,11-13H2,1-2H3,(H,19,21)(H,20,23). The van der Waals surface area contributed by atoms with Crippen molar-refractivity contribution in [3.8, 4) is 0 Å². The highest BCUT2D eigenvalue weighted by molar-refractivity contribution is 5.85. The summed E-state index contributed by atoms with van der Waals surface area (Å²) in [6.45, 7) is 6.57. The van der Waals surface area contributed by atoms with Gasteiger partial charge in [-0.15, -0.1) is 0 Å². The molecule has 8 nitrogen and oxygen atoms in total. The Morgan fingerprint density at radius 1 is 1.38 bits per heavy atom. The van der Waals surface area contributed by atoms with Gasteiger partial charge >= 0.3 is 5.97 Å². The average molecular weight is 364 g/mol. The number of amides is 1. The molecule has 144 valence electrons. The van der Waals surface area contributed by atoms with Gasteiger partial charge in [0.2, 0.25) is 5.91 Å². The monoisotopic (exact) mass is 364 g/mol. The minimum atomic E-state index is -0.184. The molecule has 1 aromatic heterocycles. The topological polar surface area (TPSA) is 96.2 Å². The third-order valence-corrected chi connectivity index (χ3v) is 4.09. The molecule has 0 aromatic carbocycles. The van der Waals surface area contributed by atoms with Crippen LogP contribution >= 0.6 is 0 Å². The second-order valence-corrected chi connectivity index (χ2v) is 6.06. The van der Waals surface area contributed by atoms with Crippen molar-refractivity contribution in [3.05, 3.63) is 24.2 Å². The molecule has 8 heteroatoms. The lowest BCUT2D eigenvalue weighted by atomic mass is 9.98. The Kier molecular flexibility index (Phi) is 7.98. The largest absolute Gasteiger partial charge is 0.467 e. The first-order chi connectivity index (χ1) is 12.6. The first-order valence-electron chi connectivity index (χ1n) is 9.13. The number of carbonyl (C=O) groups is 2. The van der Waals surface area contributed by atoms with Gasteiger partial charge in [-0.1, -0.05) is 0 Å². The number of ether oxygens (including phenoxy) is 1. The zero-order chi connectivity index (χ0) is 18.8. The number of furan rings is 1. The maximum atomic E-state index is 12.0. The Bertz CT molecular complexity index is 600. The van der Waals surface area contributed by atoms with Crippen LogP contribution in [0.5, 0.6) is 0 Å². The lowest BCUT2D eigenvalue weighted by molar-refractivity contribution is -0.149. The van der Waals surface area contributed by atoms with E-state index in [1.54, 1.807) is 18.4 Å². The van der Waals surface area contributed by atoms with Gasteiger partial charge in [-0.2, -0.15) is 0 Å². The fraction of sp³-hybridized carbons (Fsp3) is 0.611. The van der Waals surface area contributed by atoms with Crippen LogP contribution in [0.25, 0.3) is 0 Å². The minimum absolute atomic E-state index is 0.0175. The average Bonchev–Trinajstić information content (AvgIpc) is 3.17. The maximum absolute atomic E-state index is 12.0. The molecule has 2 heterocycles. The molecule has 2 N–H and O–H groups in total. The number of carbonyl (C=O) groups excluding carboxylic acids is 2. The van der Waals surface area contributed by atoms with E-state index in [1.165, 1.54) is 0 Å². The van der Waals surface area contributed by atoms with Crippen molar-refractivity contribution < 1.29 is 18.7 Å². The Balaban J connectivity index is 1.90. The van der Waals surface area contributed by atoms with E-state index in [9.17, 15) is 9.59 Å². The van der Waals surface area contributed by atoms with Gasteiger partial charge in [0.25, 0.3) is 0 Å². The van der Waals surface area contributed by atoms with E-state index >= 15 is 0 Å². The van der Waals surface area contributed by atoms with E-state index in [-0.39, 0.29) is 24.3 Å². The lowest BCUT2D eigenvalue weighted by Crippen LogP contribution is -2.48. The minimum Gasteiger partial charge on any atom is -0.467 e. The zero-order valence-electron chi connectivity index (χ0n) is 15.5. The van der Waals surface area contributed by atoms with Gasteiger partial charge in [0, 0.05) is 19.6 Å². The molecule has 1 aromatic rings. The second kappa shape index (κ2) is 10.5. The van der Waals surface area contributed by atoms with Gasteiger partial charge in [-0.05, 0) is 38.8 Å². The zero-order valence-corrected chi connectivity index (χ0v) is 15.5. The number of rotatable bonds is 7. The first-order valence-corrected chi connectivity index (χ1v) is 9.13. The van der Waals surface area contributed by atoms with Gasteiger partial charge in [-0.3, -0.25) is 9.59 Å². The van der Waals surface area contributed by atoms with Crippen LogP contribution < -0.4 is 10.6 Å². The van der Waals surface area contributed by atoms with Crippen LogP contribution in [0.2, 0.25) is 0 Å². The first kappa shape index (κ1) is 19.8. The van der Waals surface area contributed by atoms with Gasteiger partial charge < -0.3 is 24.7 Å². The molecule has 0 radical (unpaired) electrons. The molecule has 0 bridgehead atoms. The molecule has 1 aliphatic heterocycles. The van der Waals surface area contributed by atoms with Crippen LogP contribution in [0.15, 0.2) is 27.8 Å². The number of guanidine groups is 1. The summed E-state index contributed by atoms with van der Waals surface area (Å²) in [5.74, 6) is 0.845. The normalized spacial score (nSPS) is 17.7. The number of piperidine rings is 1. The Morgan fingerprint density at radius 3 is 2.92 bits per heavy atom. The fourth-order valence-corrected chi connectivity index (χ4v) is 2.85. The van der Waals surface area contributed by atoms with Crippen molar-refractivity contribution in [2.75, 3.05) is 32.8 Å². The number of hydrogen-bond donors (Lipinski definition) is 2. The van der Waals surface area contributed by atoms with Crippen molar-refractivity contribution >= 4 is 17.8 Å². The fourth-order valence-electron chi connectivity index (χ4n) is 2.85. The summed E-state index contributed by atoms with van der Waals surface area (Å²) in [5.41, 5.74) is 0. The summed E-state index contributed by atoms with van der Waals surface area (Å²) in [6.07, 6.45) is 3.27. The summed E-state index contributed by atoms with van der Waals surface area (Å²) < 4.78 is 10.3. The molecule has 1 atom stereocenters. The van der Waals surface area contributed by atoms with E-state index in [0.29, 0.717) is 38.0 Å². The third kappa shape index (κ3) is 6.09. The Hall–Kier alpha value is -2.51. The maximum Gasteiger partial charge on any atom is 0.310 e. The highest BCUT2D eigenvalue weighted by Gasteiger charge is 2.28. The molecule has 1 saturated heterocycles. The molecule has 1 fully saturated rings. The van der Waals surface area contributed by atoms with Crippen LogP contribution in [-0.4, -0.2) is 55.5 Å². The molecule has 0 aliphatic carbocycles. The van der Waals surface area contributed by atoms with Crippen molar-refractivity contribution in [2.24, 2.45) is 10.9 Å². The van der Waals surface area contributed by atoms with Gasteiger partial charge in [0.15, 0.2) is 5.96 Å². The molecule has 2 rings (SSSR count). The van der Waals surface area contributed by atoms with Gasteiger partial charge in [0.1, 0.15) is 12.3 Å². The molecule has 1 unspecified atom stereocenters. The molecule has 0 spiro atoms. The SMILES string of the molecule is CCNC(=NCC(=O)NCc1ccco1)N1CCCC(C(=O)OCC)C1. The van der Waals surface area contributed by atoms with E-state index in [0.717, 1.165) is 19.4 Å². The third-order valence-electron chi connectivity index (χ3n) is 4.09. The summed E-state index contributed by atoms with van der Waals surface area (Å²) in [7, 11) is 0. The highest BCUT2D eigenvalue weighted by Crippen LogP contribution is 2.18. The van der Waals surface area contributed by atoms with E-state index in [2.05, 4.69) is 15.6 Å². The molecular formula is C18H28N4O4. The van der Waals surface area contributed by atoms with Crippen molar-refractivity contribution in [1.29, 1.82) is 0 Å². The summed E-state index contributed by atoms with van der Waals surface area (Å²) in [5, 5.41) is 5.96. The predicted molar refractivity (Wildman–Crippen MR) is 97.5 cm³/mol. The number of nitrogens with zero attached hydrogens (tertiary/aromatic N) is 2. The molecule has 1 amide bonds. The summed E-state index contributed by atoms with van der Waals surface area (Å²) >= 11 is 0. The van der Waals surface area contributed by atoms with Gasteiger partial charge in [0.05, 0.1) is 25.3 Å². The van der Waals surface area contributed by atoms with Crippen LogP contribution in [-0.2, 0) is 20.9 Å². The Morgan fingerprint density at radius 2 is 2.23 bits per heavy atom. The molecular weight excluding hydrogens is 336 g/mol. The molecule has 0 saturated carbocycles. The van der Waals surface area contributed by atoms with Crippen LogP contribution in [0.1, 0.15) is 32.4 Å². The second-order valence-electron chi connectivity index (χ2n) is 6.06. The van der Waals surface area contributed by atoms with E-state index < -0.39 is 0 Å². The van der Waals surface area contributed by atoms with Gasteiger partial charge in [-0.25, -0.2) is 4.99 Å². The molecule has 1 aliphatic rings. The number of hydrogen-bond acceptors (Lipinski definition) is 5. The van der Waals surface area contributed by atoms with Crippen LogP contribution in [0, 0.1) is 5.92 Å². The number of esters is 1. The smallest absolute Gasteiger partial charge is 0.310 e. The van der Waals surface area contributed by atoms with Crippen molar-refractivity contribution in [2.45, 2.75) is 33.2 Å². The van der Waals surface area contributed by atoms with E-state index in [1.807, 2.05) is 18.7 Å². The number of nitrogens with one attached hydrogen (secondary N) is 2. The molecule has 26 heavy (non-hydrogen) atoms. The van der Waals surface area contributed by atoms with Crippen LogP contribution in [0.4, 0.5) is 0 Å². The highest BCUT2D eigenvalue weighted by atomic mass is 16.5.